The third kappa shape index (κ3) is 3.77. The van der Waals surface area contributed by atoms with Gasteiger partial charge < -0.3 is 5.32 Å². The van der Waals surface area contributed by atoms with Crippen LogP contribution < -0.4 is 5.32 Å². The van der Waals surface area contributed by atoms with Crippen LogP contribution in [0.25, 0.3) is 0 Å². The Morgan fingerprint density at radius 1 is 0.920 bits per heavy atom. The smallest absolute Gasteiger partial charge is 0.251 e. The van der Waals surface area contributed by atoms with Gasteiger partial charge in [0.05, 0.1) is 0 Å². The number of fused-ring (bicyclic) bond motifs is 2. The molecule has 130 valence electrons. The molecule has 2 aliphatic heterocycles. The third-order valence-corrected chi connectivity index (χ3v) is 5.76. The molecule has 2 heterocycles. The summed E-state index contributed by atoms with van der Waals surface area (Å²) in [5, 5.41) is 3.26. The maximum absolute atomic E-state index is 12.4. The highest BCUT2D eigenvalue weighted by Crippen LogP contribution is 2.35. The van der Waals surface area contributed by atoms with E-state index >= 15 is 0 Å². The van der Waals surface area contributed by atoms with E-state index in [0.717, 1.165) is 31.4 Å². The molecule has 2 unspecified atom stereocenters. The van der Waals surface area contributed by atoms with Gasteiger partial charge in [-0.3, -0.25) is 9.69 Å². The Bertz CT molecular complexity index is 686. The lowest BCUT2D eigenvalue weighted by atomic mass is 9.96. The van der Waals surface area contributed by atoms with E-state index in [4.69, 9.17) is 0 Å². The van der Waals surface area contributed by atoms with Gasteiger partial charge in [0.2, 0.25) is 0 Å². The lowest BCUT2D eigenvalue weighted by Gasteiger charge is -2.39. The Labute approximate surface area is 150 Å². The van der Waals surface area contributed by atoms with Crippen molar-refractivity contribution in [1.29, 1.82) is 0 Å². The molecule has 4 rings (SSSR count). The van der Waals surface area contributed by atoms with Crippen LogP contribution in [0.2, 0.25) is 0 Å². The van der Waals surface area contributed by atoms with Gasteiger partial charge in [-0.15, -0.1) is 0 Å². The van der Waals surface area contributed by atoms with Gasteiger partial charge in [0.25, 0.3) is 5.91 Å². The minimum Gasteiger partial charge on any atom is -0.349 e. The number of carbonyl (C=O) groups excluding carboxylic acids is 1. The number of hydrogen-bond acceptors (Lipinski definition) is 2. The second kappa shape index (κ2) is 7.40. The molecule has 0 spiro atoms. The zero-order valence-electron chi connectivity index (χ0n) is 14.6. The molecule has 3 nitrogen and oxygen atoms in total. The van der Waals surface area contributed by atoms with Crippen LogP contribution in [0, 0.1) is 0 Å². The minimum atomic E-state index is 0.0720. The first-order chi connectivity index (χ1) is 12.3. The Kier molecular flexibility index (Phi) is 4.84. The molecule has 2 fully saturated rings. The van der Waals surface area contributed by atoms with Crippen LogP contribution in [-0.2, 0) is 6.42 Å². The van der Waals surface area contributed by atoms with Gasteiger partial charge in [-0.1, -0.05) is 48.5 Å². The van der Waals surface area contributed by atoms with Crippen molar-refractivity contribution < 1.29 is 4.79 Å². The highest BCUT2D eigenvalue weighted by atomic mass is 16.1. The lowest BCUT2D eigenvalue weighted by molar-refractivity contribution is 0.0848. The van der Waals surface area contributed by atoms with E-state index in [2.05, 4.69) is 40.5 Å². The van der Waals surface area contributed by atoms with Crippen molar-refractivity contribution in [3.05, 3.63) is 71.8 Å². The first-order valence-electron chi connectivity index (χ1n) is 9.45. The molecule has 2 saturated heterocycles. The minimum absolute atomic E-state index is 0.0720. The fraction of sp³-hybridized carbons (Fsp3) is 0.409. The highest BCUT2D eigenvalue weighted by molar-refractivity contribution is 5.94. The molecule has 1 amide bonds. The van der Waals surface area contributed by atoms with E-state index in [1.807, 2.05) is 30.3 Å². The predicted molar refractivity (Wildman–Crippen MR) is 101 cm³/mol. The molecule has 25 heavy (non-hydrogen) atoms. The summed E-state index contributed by atoms with van der Waals surface area (Å²) in [6, 6.07) is 21.9. The number of rotatable bonds is 5. The monoisotopic (exact) mass is 334 g/mol. The van der Waals surface area contributed by atoms with Crippen molar-refractivity contribution in [1.82, 2.24) is 10.2 Å². The number of hydrogen-bond donors (Lipinski definition) is 1. The summed E-state index contributed by atoms with van der Waals surface area (Å²) in [6.07, 6.45) is 5.84. The van der Waals surface area contributed by atoms with Gasteiger partial charge in [0.15, 0.2) is 0 Å². The van der Waals surface area contributed by atoms with Crippen LogP contribution in [0.1, 0.15) is 41.6 Å². The SMILES string of the molecule is O=C(NC1CC2CCC(C1)N2CCc1ccccc1)c1ccccc1. The number of nitrogens with zero attached hydrogens (tertiary/aromatic N) is 1. The summed E-state index contributed by atoms with van der Waals surface area (Å²) in [4.78, 5) is 15.1. The summed E-state index contributed by atoms with van der Waals surface area (Å²) in [6.45, 7) is 1.14. The fourth-order valence-corrected chi connectivity index (χ4v) is 4.52. The highest BCUT2D eigenvalue weighted by Gasteiger charge is 2.40. The zero-order valence-corrected chi connectivity index (χ0v) is 14.6. The van der Waals surface area contributed by atoms with Crippen molar-refractivity contribution in [3.8, 4) is 0 Å². The number of carbonyl (C=O) groups is 1. The van der Waals surface area contributed by atoms with E-state index in [-0.39, 0.29) is 5.91 Å². The number of nitrogens with one attached hydrogen (secondary N) is 1. The van der Waals surface area contributed by atoms with E-state index in [1.54, 1.807) is 0 Å². The van der Waals surface area contributed by atoms with E-state index in [9.17, 15) is 4.79 Å². The Morgan fingerprint density at radius 2 is 1.52 bits per heavy atom. The summed E-state index contributed by atoms with van der Waals surface area (Å²) in [5.41, 5.74) is 2.18. The average Bonchev–Trinajstić information content (AvgIpc) is 2.90. The molecule has 0 aliphatic carbocycles. The van der Waals surface area contributed by atoms with Gasteiger partial charge in [0, 0.05) is 30.2 Å². The third-order valence-electron chi connectivity index (χ3n) is 5.76. The first-order valence-corrected chi connectivity index (χ1v) is 9.45. The molecule has 2 aromatic rings. The number of amides is 1. The zero-order chi connectivity index (χ0) is 17.1. The van der Waals surface area contributed by atoms with Gasteiger partial charge in [-0.25, -0.2) is 0 Å². The molecule has 1 N–H and O–H groups in total. The predicted octanol–water partition coefficient (Wildman–Crippen LogP) is 3.65. The van der Waals surface area contributed by atoms with Crippen molar-refractivity contribution in [3.63, 3.8) is 0 Å². The molecule has 3 heteroatoms. The number of benzene rings is 2. The molecule has 2 bridgehead atoms. The Morgan fingerprint density at radius 3 is 2.16 bits per heavy atom. The summed E-state index contributed by atoms with van der Waals surface area (Å²) in [7, 11) is 0. The van der Waals surface area contributed by atoms with Crippen LogP contribution in [0.5, 0.6) is 0 Å². The maximum Gasteiger partial charge on any atom is 0.251 e. The maximum atomic E-state index is 12.4. The van der Waals surface area contributed by atoms with Gasteiger partial charge in [-0.05, 0) is 49.8 Å². The molecular weight excluding hydrogens is 308 g/mol. The van der Waals surface area contributed by atoms with Gasteiger partial charge in [-0.2, -0.15) is 0 Å². The lowest BCUT2D eigenvalue weighted by Crippen LogP contribution is -2.50. The standard InChI is InChI=1S/C22H26N2O/c25-22(18-9-5-2-6-10-18)23-19-15-20-11-12-21(16-19)24(20)14-13-17-7-3-1-4-8-17/h1-10,19-21H,11-16H2,(H,23,25). The Hall–Kier alpha value is -2.13. The molecule has 2 atom stereocenters. The molecule has 0 saturated carbocycles. The van der Waals surface area contributed by atoms with Crippen molar-refractivity contribution in [2.75, 3.05) is 6.54 Å². The molecular formula is C22H26N2O. The van der Waals surface area contributed by atoms with Gasteiger partial charge >= 0.3 is 0 Å². The van der Waals surface area contributed by atoms with Crippen molar-refractivity contribution in [2.24, 2.45) is 0 Å². The fourth-order valence-electron chi connectivity index (χ4n) is 4.52. The first kappa shape index (κ1) is 16.3. The van der Waals surface area contributed by atoms with Crippen molar-refractivity contribution >= 4 is 5.91 Å². The largest absolute Gasteiger partial charge is 0.349 e. The molecule has 2 aromatic carbocycles. The van der Waals surface area contributed by atoms with Crippen LogP contribution >= 0.6 is 0 Å². The van der Waals surface area contributed by atoms with Crippen molar-refractivity contribution in [2.45, 2.75) is 50.2 Å². The molecule has 2 aliphatic rings. The molecule has 0 radical (unpaired) electrons. The summed E-state index contributed by atoms with van der Waals surface area (Å²) in [5.74, 6) is 0.0720. The van der Waals surface area contributed by atoms with Crippen LogP contribution in [-0.4, -0.2) is 35.5 Å². The van der Waals surface area contributed by atoms with Crippen LogP contribution in [0.15, 0.2) is 60.7 Å². The topological polar surface area (TPSA) is 32.3 Å². The van der Waals surface area contributed by atoms with Gasteiger partial charge in [0.1, 0.15) is 0 Å². The summed E-state index contributed by atoms with van der Waals surface area (Å²) >= 11 is 0. The second-order valence-corrected chi connectivity index (χ2v) is 7.37. The van der Waals surface area contributed by atoms with E-state index in [0.29, 0.717) is 18.1 Å². The average molecular weight is 334 g/mol. The van der Waals surface area contributed by atoms with Crippen LogP contribution in [0.4, 0.5) is 0 Å². The second-order valence-electron chi connectivity index (χ2n) is 7.37. The van der Waals surface area contributed by atoms with Crippen LogP contribution in [0.3, 0.4) is 0 Å². The Balaban J connectivity index is 1.33. The van der Waals surface area contributed by atoms with E-state index < -0.39 is 0 Å². The number of piperidine rings is 1. The summed E-state index contributed by atoms with van der Waals surface area (Å²) < 4.78 is 0. The molecule has 0 aromatic heterocycles. The van der Waals surface area contributed by atoms with E-state index in [1.165, 1.54) is 18.4 Å². The normalized spacial score (nSPS) is 25.7. The quantitative estimate of drug-likeness (QED) is 0.905.